The third-order valence-electron chi connectivity index (χ3n) is 16.6. The lowest BCUT2D eigenvalue weighted by atomic mass is 9.91. The van der Waals surface area contributed by atoms with Crippen molar-refractivity contribution in [2.75, 3.05) is 69.5 Å². The summed E-state index contributed by atoms with van der Waals surface area (Å²) in [6, 6.07) is -11.4. The summed E-state index contributed by atoms with van der Waals surface area (Å²) >= 11 is 11.8. The Balaban J connectivity index is 4.42. The maximum atomic E-state index is 15.3. The largest absolute Gasteiger partial charge is 0.394 e. The van der Waals surface area contributed by atoms with Crippen LogP contribution in [0, 0.1) is 41.4 Å². The third-order valence-corrected chi connectivity index (χ3v) is 17.5. The van der Waals surface area contributed by atoms with Crippen LogP contribution in [0.3, 0.4) is 0 Å². The molecule has 1 fully saturated rings. The molecule has 1 aliphatic rings. The first-order valence-electron chi connectivity index (χ1n) is 31.1. The van der Waals surface area contributed by atoms with Crippen molar-refractivity contribution < 1.29 is 53.4 Å². The number of carbonyl (C=O) groups excluding carboxylic acids is 9. The number of rotatable bonds is 16. The smallest absolute Gasteiger partial charge is 0.248 e. The van der Waals surface area contributed by atoms with Crippen LogP contribution in [-0.4, -0.2) is 249 Å². The van der Waals surface area contributed by atoms with Crippen LogP contribution in [0.5, 0.6) is 0 Å². The van der Waals surface area contributed by atoms with Gasteiger partial charge in [-0.05, 0) is 93.8 Å². The number of aliphatic hydroxyl groups excluding tert-OH is 2. The molecule has 498 valence electrons. The Bertz CT molecular complexity index is 2390. The Labute approximate surface area is 532 Å². The van der Waals surface area contributed by atoms with E-state index in [2.05, 4.69) is 16.0 Å². The van der Waals surface area contributed by atoms with E-state index in [1.165, 1.54) is 83.6 Å². The Morgan fingerprint density at radius 1 is 0.506 bits per heavy atom. The van der Waals surface area contributed by atoms with Crippen molar-refractivity contribution in [1.29, 1.82) is 0 Å². The number of nitrogens with zero attached hydrogens (tertiary/aromatic N) is 8. The first-order chi connectivity index (χ1) is 40.2. The number of likely N-dealkylation sites (N-methyl/N-ethyl adjacent to an activating group) is 8. The molecular weight excluding hydrogens is 1150 g/mol. The SMILES string of the molecule is C/C=C/C[C@@H](C)[C@@H](O)[C@H]1C(=O)N(C)[C@@H](CC)C(=O)N(C)CC(=O)N(C)[C@@H](CC(C)C)C(=S)N[C@@H](C(C)C)C(=O)N(C)[C@@H](CC(C)C)C(=O)N[C@@H](C)C(=S)N[C@H](CO)C(=O)N(C)[C@@H](CC(C)C)C(=O)N(C)[C@@H](CC(C)C)C(=O)N(C)[C@@H](C(C)C)C(=O)N1C. The molecule has 0 aromatic carbocycles. The number of thiocarbonyl (C=S) groups is 2. The first-order valence-corrected chi connectivity index (χ1v) is 31.9. The van der Waals surface area contributed by atoms with Gasteiger partial charge in [0, 0.05) is 56.4 Å². The van der Waals surface area contributed by atoms with Gasteiger partial charge in [0.05, 0.1) is 41.3 Å². The van der Waals surface area contributed by atoms with Gasteiger partial charge in [-0.2, -0.15) is 0 Å². The molecule has 0 saturated carbocycles. The van der Waals surface area contributed by atoms with Crippen molar-refractivity contribution >= 4 is 87.6 Å². The molecule has 22 nitrogen and oxygen atoms in total. The van der Waals surface area contributed by atoms with Crippen LogP contribution in [-0.2, 0) is 43.2 Å². The number of nitrogens with one attached hydrogen (secondary N) is 3. The van der Waals surface area contributed by atoms with Crippen LogP contribution in [0.2, 0.25) is 0 Å². The summed E-state index contributed by atoms with van der Waals surface area (Å²) < 4.78 is 0. The van der Waals surface area contributed by atoms with Crippen molar-refractivity contribution in [1.82, 2.24) is 55.1 Å². The number of hydrogen-bond donors (Lipinski definition) is 5. The topological polar surface area (TPSA) is 256 Å². The van der Waals surface area contributed by atoms with Gasteiger partial charge in [0.1, 0.15) is 48.3 Å². The van der Waals surface area contributed by atoms with Crippen LogP contribution < -0.4 is 16.0 Å². The number of hydrogen-bond acceptors (Lipinski definition) is 13. The molecule has 0 aromatic rings. The van der Waals surface area contributed by atoms with E-state index in [1.807, 2.05) is 82.2 Å². The minimum Gasteiger partial charge on any atom is -0.394 e. The van der Waals surface area contributed by atoms with Crippen molar-refractivity contribution in [2.24, 2.45) is 41.4 Å². The summed E-state index contributed by atoms with van der Waals surface area (Å²) in [6.07, 6.45) is 3.45. The van der Waals surface area contributed by atoms with Gasteiger partial charge in [0.25, 0.3) is 0 Å². The molecule has 0 radical (unpaired) electrons. The zero-order valence-corrected chi connectivity index (χ0v) is 58.8. The van der Waals surface area contributed by atoms with Crippen LogP contribution in [0.4, 0.5) is 0 Å². The molecule has 0 aliphatic carbocycles. The number of aliphatic hydroxyl groups is 2. The first kappa shape index (κ1) is 79.7. The molecular formula is C63H113N11O11S2. The molecule has 0 aromatic heterocycles. The van der Waals surface area contributed by atoms with E-state index in [1.54, 1.807) is 47.7 Å². The van der Waals surface area contributed by atoms with Gasteiger partial charge in [-0.1, -0.05) is 134 Å². The molecule has 9 amide bonds. The second kappa shape index (κ2) is 36.4. The van der Waals surface area contributed by atoms with Crippen molar-refractivity contribution in [3.05, 3.63) is 12.2 Å². The molecule has 0 bridgehead atoms. The second-order valence-electron chi connectivity index (χ2n) is 26.5. The molecule has 5 N–H and O–H groups in total. The quantitative estimate of drug-likeness (QED) is 0.107. The van der Waals surface area contributed by atoms with Gasteiger partial charge >= 0.3 is 0 Å². The summed E-state index contributed by atoms with van der Waals surface area (Å²) in [7, 11) is 11.7. The lowest BCUT2D eigenvalue weighted by molar-refractivity contribution is -0.160. The molecule has 1 rings (SSSR count). The minimum atomic E-state index is -1.58. The fourth-order valence-corrected chi connectivity index (χ4v) is 11.6. The van der Waals surface area contributed by atoms with E-state index in [4.69, 9.17) is 24.4 Å². The van der Waals surface area contributed by atoms with Gasteiger partial charge in [0.2, 0.25) is 53.2 Å². The Kier molecular flexibility index (Phi) is 33.3. The zero-order chi connectivity index (χ0) is 67.6. The highest BCUT2D eigenvalue weighted by Gasteiger charge is 2.46. The van der Waals surface area contributed by atoms with Gasteiger partial charge < -0.3 is 65.4 Å². The molecule has 24 heteroatoms. The summed E-state index contributed by atoms with van der Waals surface area (Å²) in [5.74, 6) is -7.39. The lowest BCUT2D eigenvalue weighted by Gasteiger charge is -2.42. The average Bonchev–Trinajstić information content (AvgIpc) is 1.23. The van der Waals surface area contributed by atoms with Crippen molar-refractivity contribution in [2.45, 2.75) is 216 Å². The van der Waals surface area contributed by atoms with Crippen LogP contribution in [0.25, 0.3) is 0 Å². The Hall–Kier alpha value is -5.33. The van der Waals surface area contributed by atoms with Gasteiger partial charge in [0.15, 0.2) is 0 Å². The normalized spacial score (nSPS) is 26.7. The van der Waals surface area contributed by atoms with Crippen LogP contribution in [0.15, 0.2) is 12.2 Å². The molecule has 12 atom stereocenters. The van der Waals surface area contributed by atoms with E-state index < -0.39 is 145 Å². The van der Waals surface area contributed by atoms with Gasteiger partial charge in [-0.15, -0.1) is 0 Å². The fourth-order valence-electron chi connectivity index (χ4n) is 11.1. The summed E-state index contributed by atoms with van der Waals surface area (Å²) in [4.78, 5) is 144. The molecule has 0 spiro atoms. The molecule has 0 unspecified atom stereocenters. The number of carbonyl (C=O) groups is 9. The van der Waals surface area contributed by atoms with E-state index in [9.17, 15) is 34.2 Å². The highest BCUT2D eigenvalue weighted by Crippen LogP contribution is 2.27. The minimum absolute atomic E-state index is 0.000713. The van der Waals surface area contributed by atoms with Crippen LogP contribution in [0.1, 0.15) is 149 Å². The molecule has 1 aliphatic heterocycles. The Morgan fingerprint density at radius 2 is 0.931 bits per heavy atom. The zero-order valence-electron chi connectivity index (χ0n) is 57.2. The highest BCUT2D eigenvalue weighted by atomic mass is 32.1. The van der Waals surface area contributed by atoms with Gasteiger partial charge in [-0.3, -0.25) is 43.2 Å². The van der Waals surface area contributed by atoms with Crippen LogP contribution >= 0.6 is 24.4 Å². The summed E-state index contributed by atoms with van der Waals surface area (Å²) in [5.41, 5.74) is 0. The fraction of sp³-hybridized carbons (Fsp3) is 0.794. The third kappa shape index (κ3) is 22.0. The molecule has 87 heavy (non-hydrogen) atoms. The lowest BCUT2D eigenvalue weighted by Crippen LogP contribution is -2.63. The van der Waals surface area contributed by atoms with E-state index >= 15 is 19.2 Å². The molecule has 1 saturated heterocycles. The van der Waals surface area contributed by atoms with E-state index in [0.29, 0.717) is 12.8 Å². The summed E-state index contributed by atoms with van der Waals surface area (Å²) in [5, 5.41) is 32.1. The predicted octanol–water partition coefficient (Wildman–Crippen LogP) is 4.19. The molecule has 1 heterocycles. The predicted molar refractivity (Wildman–Crippen MR) is 350 cm³/mol. The maximum absolute atomic E-state index is 15.3. The van der Waals surface area contributed by atoms with Crippen molar-refractivity contribution in [3.63, 3.8) is 0 Å². The second-order valence-corrected chi connectivity index (χ2v) is 27.4. The Morgan fingerprint density at radius 3 is 1.38 bits per heavy atom. The summed E-state index contributed by atoms with van der Waals surface area (Å²) in [6.45, 7) is 28.1. The monoisotopic (exact) mass is 1260 g/mol. The number of allylic oxidation sites excluding steroid dienone is 2. The van der Waals surface area contributed by atoms with Crippen molar-refractivity contribution in [3.8, 4) is 0 Å². The van der Waals surface area contributed by atoms with Gasteiger partial charge in [-0.25, -0.2) is 0 Å². The van der Waals surface area contributed by atoms with E-state index in [0.717, 1.165) is 4.90 Å². The average molecular weight is 1260 g/mol. The standard InChI is InChI=1S/C63H113N11O11S2/c1-25-27-28-41(15)53(77)52-63(85)69(19)44(26-2)58(80)67(17)33-49(76)68(18)46(30-36(5)6)56(87)66-50(39(11)12)61(83)70(20)45(29-35(3)4)54(78)64-42(16)55(86)65-43(34-75)57(79)71(21)47(31-37(7)8)59(81)72(22)48(32-38(9)10)60(82)73(23)51(40(13)14)62(84)74(52)24/h25,27,35-48,50-53,75,77H,26,28-34H2,1-24H3,(H,64,78)(H,65,86)(H,66,87)/b27-25+/t41-,42+,43-,44+,45+,46+,47+,48+,50+,51+,52+,53-/m1/s1. The maximum Gasteiger partial charge on any atom is 0.248 e. The number of amides is 9. The van der Waals surface area contributed by atoms with E-state index in [-0.39, 0.29) is 65.2 Å². The highest BCUT2D eigenvalue weighted by molar-refractivity contribution is 7.80.